The van der Waals surface area contributed by atoms with Crippen LogP contribution in [0.2, 0.25) is 15.1 Å². The summed E-state index contributed by atoms with van der Waals surface area (Å²) in [5, 5.41) is 4.49. The van der Waals surface area contributed by atoms with Gasteiger partial charge in [0.1, 0.15) is 6.54 Å². The number of carbonyl (C=O) groups excluding carboxylic acids is 1. The van der Waals surface area contributed by atoms with Crippen molar-refractivity contribution >= 4 is 68.2 Å². The first-order valence-electron chi connectivity index (χ1n) is 10.7. The molecule has 0 heterocycles. The number of thioether (sulfide) groups is 1. The molecular weight excluding hydrogens is 547 g/mol. The van der Waals surface area contributed by atoms with Crippen LogP contribution in [-0.4, -0.2) is 33.2 Å². The van der Waals surface area contributed by atoms with Crippen molar-refractivity contribution in [3.8, 4) is 0 Å². The second-order valence-electron chi connectivity index (χ2n) is 7.86. The van der Waals surface area contributed by atoms with Gasteiger partial charge < -0.3 is 5.32 Å². The van der Waals surface area contributed by atoms with Gasteiger partial charge in [-0.1, -0.05) is 58.6 Å². The summed E-state index contributed by atoms with van der Waals surface area (Å²) in [6, 6.07) is 16.8. The lowest BCUT2D eigenvalue weighted by molar-refractivity contribution is -0.119. The summed E-state index contributed by atoms with van der Waals surface area (Å²) >= 11 is 20.0. The number of nitrogens with one attached hydrogen (secondary N) is 1. The summed E-state index contributed by atoms with van der Waals surface area (Å²) in [7, 11) is -3.99. The molecule has 0 aromatic heterocycles. The Morgan fingerprint density at radius 3 is 2.26 bits per heavy atom. The molecule has 5 nitrogen and oxygen atoms in total. The van der Waals surface area contributed by atoms with Crippen LogP contribution in [0.15, 0.2) is 65.6 Å². The van der Waals surface area contributed by atoms with Gasteiger partial charge >= 0.3 is 0 Å². The van der Waals surface area contributed by atoms with Crippen molar-refractivity contribution in [1.82, 2.24) is 5.32 Å². The summed E-state index contributed by atoms with van der Waals surface area (Å²) in [5.41, 5.74) is 2.83. The van der Waals surface area contributed by atoms with E-state index >= 15 is 0 Å². The molecule has 0 saturated heterocycles. The molecular formula is C25H25Cl3N2O3S2. The predicted molar refractivity (Wildman–Crippen MR) is 148 cm³/mol. The van der Waals surface area contributed by atoms with Crippen molar-refractivity contribution in [3.05, 3.63) is 92.4 Å². The fraction of sp³-hybridized carbons (Fsp3) is 0.240. The number of amides is 1. The first-order chi connectivity index (χ1) is 16.6. The molecule has 35 heavy (non-hydrogen) atoms. The second-order valence-corrected chi connectivity index (χ2v) is 12.1. The number of aryl methyl sites for hydroxylation is 2. The number of anilines is 1. The van der Waals surface area contributed by atoms with E-state index in [0.29, 0.717) is 44.4 Å². The topological polar surface area (TPSA) is 66.5 Å². The first kappa shape index (κ1) is 27.7. The maximum atomic E-state index is 13.5. The number of hydrogen-bond donors (Lipinski definition) is 1. The zero-order valence-corrected chi connectivity index (χ0v) is 23.1. The molecule has 0 radical (unpaired) electrons. The van der Waals surface area contributed by atoms with E-state index in [9.17, 15) is 13.2 Å². The minimum absolute atomic E-state index is 0.109. The van der Waals surface area contributed by atoms with Crippen LogP contribution in [-0.2, 0) is 20.6 Å². The molecule has 0 aliphatic rings. The average Bonchev–Trinajstić information content (AvgIpc) is 2.79. The third kappa shape index (κ3) is 7.30. The summed E-state index contributed by atoms with van der Waals surface area (Å²) in [4.78, 5) is 12.9. The van der Waals surface area contributed by atoms with E-state index in [1.807, 2.05) is 6.92 Å². The Morgan fingerprint density at radius 1 is 0.971 bits per heavy atom. The Bertz CT molecular complexity index is 1280. The zero-order valence-electron chi connectivity index (χ0n) is 19.2. The summed E-state index contributed by atoms with van der Waals surface area (Å²) < 4.78 is 28.1. The summed E-state index contributed by atoms with van der Waals surface area (Å²) in [6.07, 6.45) is 0. The maximum absolute atomic E-state index is 13.5. The molecule has 0 unspecified atom stereocenters. The standard InChI is InChI=1S/C25H25Cl3N2O3S2/c1-17-6-9-20(10-7-17)35(32,33)30(24-11-8-19(26)14-18(24)2)15-25(31)29-12-13-34-16-21-22(27)4-3-5-23(21)28/h3-11,14H,12-13,15-16H2,1-2H3,(H,29,31). The fourth-order valence-electron chi connectivity index (χ4n) is 3.33. The molecule has 186 valence electrons. The lowest BCUT2D eigenvalue weighted by Gasteiger charge is -2.26. The van der Waals surface area contributed by atoms with E-state index in [0.717, 1.165) is 15.4 Å². The van der Waals surface area contributed by atoms with Crippen LogP contribution in [0.4, 0.5) is 5.69 Å². The van der Waals surface area contributed by atoms with Crippen molar-refractivity contribution in [3.63, 3.8) is 0 Å². The third-order valence-corrected chi connectivity index (χ3v) is 8.90. The Hall–Kier alpha value is -1.90. The van der Waals surface area contributed by atoms with Crippen molar-refractivity contribution in [1.29, 1.82) is 0 Å². The molecule has 10 heteroatoms. The van der Waals surface area contributed by atoms with Crippen molar-refractivity contribution in [2.75, 3.05) is 23.1 Å². The third-order valence-electron chi connectivity index (χ3n) is 5.20. The fourth-order valence-corrected chi connectivity index (χ4v) is 6.64. The van der Waals surface area contributed by atoms with Gasteiger partial charge in [-0.05, 0) is 67.4 Å². The quantitative estimate of drug-likeness (QED) is 0.282. The highest BCUT2D eigenvalue weighted by Crippen LogP contribution is 2.30. The van der Waals surface area contributed by atoms with Gasteiger partial charge in [-0.3, -0.25) is 9.10 Å². The van der Waals surface area contributed by atoms with Crippen molar-refractivity contribution in [2.45, 2.75) is 24.5 Å². The number of halogens is 3. The minimum Gasteiger partial charge on any atom is -0.354 e. The maximum Gasteiger partial charge on any atom is 0.264 e. The average molecular weight is 572 g/mol. The highest BCUT2D eigenvalue weighted by atomic mass is 35.5. The number of rotatable bonds is 10. The second kappa shape index (κ2) is 12.4. The van der Waals surface area contributed by atoms with E-state index < -0.39 is 15.9 Å². The monoisotopic (exact) mass is 570 g/mol. The molecule has 0 aliphatic heterocycles. The number of hydrogen-bond acceptors (Lipinski definition) is 4. The van der Waals surface area contributed by atoms with Crippen molar-refractivity contribution in [2.24, 2.45) is 0 Å². The van der Waals surface area contributed by atoms with Crippen molar-refractivity contribution < 1.29 is 13.2 Å². The molecule has 0 atom stereocenters. The van der Waals surface area contributed by atoms with Crippen LogP contribution in [0.3, 0.4) is 0 Å². The number of sulfonamides is 1. The molecule has 0 fully saturated rings. The van der Waals surface area contributed by atoms with Gasteiger partial charge in [-0.2, -0.15) is 11.8 Å². The van der Waals surface area contributed by atoms with Gasteiger partial charge in [0.05, 0.1) is 10.6 Å². The molecule has 3 aromatic rings. The van der Waals surface area contributed by atoms with Crippen LogP contribution >= 0.6 is 46.6 Å². The van der Waals surface area contributed by atoms with E-state index in [2.05, 4.69) is 5.32 Å². The Balaban J connectivity index is 1.69. The van der Waals surface area contributed by atoms with Gasteiger partial charge in [0, 0.05) is 33.1 Å². The predicted octanol–water partition coefficient (Wildman–Crippen LogP) is 6.51. The lowest BCUT2D eigenvalue weighted by atomic mass is 10.2. The first-order valence-corrected chi connectivity index (χ1v) is 14.5. The van der Waals surface area contributed by atoms with Gasteiger partial charge in [0.25, 0.3) is 10.0 Å². The van der Waals surface area contributed by atoms with Gasteiger partial charge in [0.2, 0.25) is 5.91 Å². The number of nitrogens with zero attached hydrogens (tertiary/aromatic N) is 1. The summed E-state index contributed by atoms with van der Waals surface area (Å²) in [6.45, 7) is 3.64. The van der Waals surface area contributed by atoms with E-state index in [1.165, 1.54) is 12.1 Å². The molecule has 0 saturated carbocycles. The Morgan fingerprint density at radius 2 is 1.63 bits per heavy atom. The lowest BCUT2D eigenvalue weighted by Crippen LogP contribution is -2.41. The van der Waals surface area contributed by atoms with Crippen LogP contribution in [0.1, 0.15) is 16.7 Å². The highest BCUT2D eigenvalue weighted by Gasteiger charge is 2.28. The van der Waals surface area contributed by atoms with Crippen LogP contribution in [0.25, 0.3) is 0 Å². The highest BCUT2D eigenvalue weighted by molar-refractivity contribution is 7.98. The molecule has 0 aliphatic carbocycles. The Labute approximate surface area is 225 Å². The Kier molecular flexibility index (Phi) is 9.78. The molecule has 3 rings (SSSR count). The van der Waals surface area contributed by atoms with Crippen LogP contribution in [0.5, 0.6) is 0 Å². The smallest absolute Gasteiger partial charge is 0.264 e. The zero-order chi connectivity index (χ0) is 25.6. The largest absolute Gasteiger partial charge is 0.354 e. The SMILES string of the molecule is Cc1ccc(S(=O)(=O)N(CC(=O)NCCSCc2c(Cl)cccc2Cl)c2ccc(Cl)cc2C)cc1. The number of benzene rings is 3. The molecule has 3 aromatic carbocycles. The molecule has 0 spiro atoms. The molecule has 1 N–H and O–H groups in total. The number of carbonyl (C=O) groups is 1. The van der Waals surface area contributed by atoms with E-state index in [4.69, 9.17) is 34.8 Å². The van der Waals surface area contributed by atoms with Crippen LogP contribution < -0.4 is 9.62 Å². The van der Waals surface area contributed by atoms with Gasteiger partial charge in [-0.15, -0.1) is 0 Å². The van der Waals surface area contributed by atoms with Gasteiger partial charge in [-0.25, -0.2) is 8.42 Å². The minimum atomic E-state index is -3.99. The van der Waals surface area contributed by atoms with E-state index in [-0.39, 0.29) is 11.4 Å². The van der Waals surface area contributed by atoms with Gasteiger partial charge in [0.15, 0.2) is 0 Å². The molecule has 1 amide bonds. The van der Waals surface area contributed by atoms with E-state index in [1.54, 1.807) is 67.2 Å². The molecule has 0 bridgehead atoms. The van der Waals surface area contributed by atoms with Crippen LogP contribution in [0, 0.1) is 13.8 Å². The normalized spacial score (nSPS) is 11.3. The summed E-state index contributed by atoms with van der Waals surface area (Å²) in [5.74, 6) is 0.802.